The van der Waals surface area contributed by atoms with Gasteiger partial charge in [0.2, 0.25) is 5.91 Å². The number of carbonyl (C=O) groups is 1. The third-order valence-electron chi connectivity index (χ3n) is 1.73. The van der Waals surface area contributed by atoms with Crippen LogP contribution in [-0.4, -0.2) is 19.7 Å². The average molecular weight is 322 g/mol. The summed E-state index contributed by atoms with van der Waals surface area (Å²) in [6, 6.07) is 6.28. The summed E-state index contributed by atoms with van der Waals surface area (Å²) in [5, 5.41) is 8.02. The highest BCUT2D eigenvalue weighted by Crippen LogP contribution is 2.15. The topological polar surface area (TPSA) is 101 Å². The molecule has 0 unspecified atom stereocenters. The number of rotatable bonds is 5. The summed E-state index contributed by atoms with van der Waals surface area (Å²) in [6.45, 7) is 0. The summed E-state index contributed by atoms with van der Waals surface area (Å²) in [6.07, 6.45) is 0.340. The van der Waals surface area contributed by atoms with Gasteiger partial charge < -0.3 is 5.32 Å². The summed E-state index contributed by atoms with van der Waals surface area (Å²) in [7, 11) is -3.80. The van der Waals surface area contributed by atoms with Crippen molar-refractivity contribution in [2.45, 2.75) is 6.42 Å². The Labute approximate surface area is 108 Å². The predicted molar refractivity (Wildman–Crippen MR) is 70.2 cm³/mol. The molecule has 0 spiro atoms. The number of alkyl halides is 1. The smallest absolute Gasteiger partial charge is 0.296 e. The van der Waals surface area contributed by atoms with Crippen molar-refractivity contribution in [1.29, 1.82) is 0 Å². The van der Waals surface area contributed by atoms with E-state index >= 15 is 0 Å². The minimum absolute atomic E-state index is 0.158. The molecular weight excluding hydrogens is 310 g/mol. The van der Waals surface area contributed by atoms with E-state index < -0.39 is 10.2 Å². The van der Waals surface area contributed by atoms with Crippen molar-refractivity contribution < 1.29 is 13.2 Å². The lowest BCUT2D eigenvalue weighted by Gasteiger charge is -2.07. The molecule has 0 fully saturated rings. The number of benzene rings is 1. The van der Waals surface area contributed by atoms with E-state index in [2.05, 4.69) is 26.0 Å². The van der Waals surface area contributed by atoms with Crippen LogP contribution in [0.4, 0.5) is 11.4 Å². The Morgan fingerprint density at radius 3 is 2.59 bits per heavy atom. The van der Waals surface area contributed by atoms with Gasteiger partial charge in [-0.15, -0.1) is 0 Å². The zero-order valence-electron chi connectivity index (χ0n) is 8.81. The number of carbonyl (C=O) groups excluding carboxylic acids is 1. The van der Waals surface area contributed by atoms with Gasteiger partial charge in [-0.3, -0.25) is 9.52 Å². The van der Waals surface area contributed by atoms with Gasteiger partial charge in [0.25, 0.3) is 10.2 Å². The van der Waals surface area contributed by atoms with Crippen LogP contribution in [0.1, 0.15) is 6.42 Å². The maximum Gasteiger partial charge on any atom is 0.296 e. The molecule has 0 bridgehead atoms. The van der Waals surface area contributed by atoms with Crippen LogP contribution >= 0.6 is 15.9 Å². The van der Waals surface area contributed by atoms with Crippen LogP contribution in [0.3, 0.4) is 0 Å². The van der Waals surface area contributed by atoms with Crippen molar-refractivity contribution in [1.82, 2.24) is 0 Å². The van der Waals surface area contributed by atoms with Crippen molar-refractivity contribution in [3.8, 4) is 0 Å². The van der Waals surface area contributed by atoms with Gasteiger partial charge in [0.1, 0.15) is 0 Å². The van der Waals surface area contributed by atoms with Gasteiger partial charge in [0, 0.05) is 17.4 Å². The molecule has 1 aromatic rings. The van der Waals surface area contributed by atoms with Crippen LogP contribution in [0, 0.1) is 0 Å². The molecule has 6 nitrogen and oxygen atoms in total. The summed E-state index contributed by atoms with van der Waals surface area (Å²) in [4.78, 5) is 11.3. The summed E-state index contributed by atoms with van der Waals surface area (Å²) < 4.78 is 23.7. The first kappa shape index (κ1) is 13.9. The number of nitrogens with two attached hydrogens (primary N) is 1. The van der Waals surface area contributed by atoms with Gasteiger partial charge in [0.05, 0.1) is 5.69 Å². The van der Waals surface area contributed by atoms with E-state index in [9.17, 15) is 13.2 Å². The van der Waals surface area contributed by atoms with Gasteiger partial charge in [-0.05, 0) is 18.2 Å². The second-order valence-electron chi connectivity index (χ2n) is 3.22. The Morgan fingerprint density at radius 2 is 2.00 bits per heavy atom. The SMILES string of the molecule is NS(=O)(=O)Nc1cccc(NC(=O)CCBr)c1. The quantitative estimate of drug-likeness (QED) is 0.706. The number of hydrogen-bond donors (Lipinski definition) is 3. The van der Waals surface area contributed by atoms with Gasteiger partial charge in [-0.2, -0.15) is 8.42 Å². The summed E-state index contributed by atoms with van der Waals surface area (Å²) in [5.74, 6) is -0.158. The molecule has 17 heavy (non-hydrogen) atoms. The van der Waals surface area contributed by atoms with E-state index in [0.29, 0.717) is 23.1 Å². The number of halogens is 1. The van der Waals surface area contributed by atoms with E-state index in [-0.39, 0.29) is 5.91 Å². The lowest BCUT2D eigenvalue weighted by atomic mass is 10.3. The van der Waals surface area contributed by atoms with Gasteiger partial charge >= 0.3 is 0 Å². The van der Waals surface area contributed by atoms with Crippen LogP contribution in [0.15, 0.2) is 24.3 Å². The van der Waals surface area contributed by atoms with E-state index in [1.807, 2.05) is 0 Å². The van der Waals surface area contributed by atoms with Crippen LogP contribution in [-0.2, 0) is 15.0 Å². The molecule has 0 radical (unpaired) electrons. The van der Waals surface area contributed by atoms with Gasteiger partial charge in [0.15, 0.2) is 0 Å². The highest BCUT2D eigenvalue weighted by Gasteiger charge is 2.04. The second-order valence-corrected chi connectivity index (χ2v) is 5.30. The molecule has 0 aromatic heterocycles. The molecular formula is C9H12BrN3O3S. The van der Waals surface area contributed by atoms with Crippen molar-refractivity contribution in [3.05, 3.63) is 24.3 Å². The molecule has 0 saturated carbocycles. The lowest BCUT2D eigenvalue weighted by Crippen LogP contribution is -2.21. The molecule has 0 atom stereocenters. The Bertz CT molecular complexity index is 504. The maximum absolute atomic E-state index is 11.3. The molecule has 94 valence electrons. The fraction of sp³-hybridized carbons (Fsp3) is 0.222. The molecule has 1 aromatic carbocycles. The van der Waals surface area contributed by atoms with Crippen molar-refractivity contribution >= 4 is 43.4 Å². The number of nitrogens with one attached hydrogen (secondary N) is 2. The molecule has 0 saturated heterocycles. The Hall–Kier alpha value is -1.12. The molecule has 0 aliphatic rings. The second kappa shape index (κ2) is 5.99. The molecule has 0 aliphatic carbocycles. The highest BCUT2D eigenvalue weighted by atomic mass is 79.9. The first-order valence-electron chi connectivity index (χ1n) is 4.67. The summed E-state index contributed by atoms with van der Waals surface area (Å²) in [5.41, 5.74) is 0.800. The van der Waals surface area contributed by atoms with E-state index in [4.69, 9.17) is 5.14 Å². The number of amides is 1. The maximum atomic E-state index is 11.3. The molecule has 1 amide bonds. The van der Waals surface area contributed by atoms with Gasteiger partial charge in [-0.25, -0.2) is 5.14 Å². The molecule has 1 rings (SSSR count). The Morgan fingerprint density at radius 1 is 1.35 bits per heavy atom. The Kier molecular flexibility index (Phi) is 4.91. The van der Waals surface area contributed by atoms with Crippen LogP contribution < -0.4 is 15.2 Å². The monoisotopic (exact) mass is 321 g/mol. The number of hydrogen-bond acceptors (Lipinski definition) is 3. The number of anilines is 2. The van der Waals surface area contributed by atoms with Crippen LogP contribution in [0.5, 0.6) is 0 Å². The fourth-order valence-electron chi connectivity index (χ4n) is 1.13. The zero-order chi connectivity index (χ0) is 12.9. The van der Waals surface area contributed by atoms with E-state index in [1.54, 1.807) is 12.1 Å². The largest absolute Gasteiger partial charge is 0.326 e. The molecule has 0 aliphatic heterocycles. The average Bonchev–Trinajstić information content (AvgIpc) is 2.15. The molecule has 0 heterocycles. The van der Waals surface area contributed by atoms with E-state index in [0.717, 1.165) is 0 Å². The lowest BCUT2D eigenvalue weighted by molar-refractivity contribution is -0.115. The first-order valence-corrected chi connectivity index (χ1v) is 7.34. The fourth-order valence-corrected chi connectivity index (χ4v) is 1.95. The molecule has 8 heteroatoms. The minimum atomic E-state index is -3.80. The van der Waals surface area contributed by atoms with Crippen molar-refractivity contribution in [2.24, 2.45) is 5.14 Å². The predicted octanol–water partition coefficient (Wildman–Crippen LogP) is 1.03. The van der Waals surface area contributed by atoms with Crippen molar-refractivity contribution in [2.75, 3.05) is 15.4 Å². The van der Waals surface area contributed by atoms with Crippen LogP contribution in [0.25, 0.3) is 0 Å². The minimum Gasteiger partial charge on any atom is -0.326 e. The van der Waals surface area contributed by atoms with E-state index in [1.165, 1.54) is 12.1 Å². The summed E-state index contributed by atoms with van der Waals surface area (Å²) >= 11 is 3.15. The van der Waals surface area contributed by atoms with Crippen molar-refractivity contribution in [3.63, 3.8) is 0 Å². The third-order valence-corrected chi connectivity index (χ3v) is 2.64. The molecule has 4 N–H and O–H groups in total. The first-order chi connectivity index (χ1) is 7.90. The highest BCUT2D eigenvalue weighted by molar-refractivity contribution is 9.09. The standard InChI is InChI=1S/C9H12BrN3O3S/c10-5-4-9(14)12-7-2-1-3-8(6-7)13-17(11,15)16/h1-3,6,13H,4-5H2,(H,12,14)(H2,11,15,16). The third kappa shape index (κ3) is 5.66. The Balaban J connectivity index is 2.76. The van der Waals surface area contributed by atoms with Gasteiger partial charge in [-0.1, -0.05) is 22.0 Å². The van der Waals surface area contributed by atoms with Crippen LogP contribution in [0.2, 0.25) is 0 Å². The zero-order valence-corrected chi connectivity index (χ0v) is 11.2. The normalized spacial score (nSPS) is 10.9.